The van der Waals surface area contributed by atoms with Gasteiger partial charge in [-0.25, -0.2) is 4.79 Å². The maximum atomic E-state index is 11.0. The summed E-state index contributed by atoms with van der Waals surface area (Å²) in [6, 6.07) is 8.02. The lowest BCUT2D eigenvalue weighted by molar-refractivity contribution is 0.0698. The summed E-state index contributed by atoms with van der Waals surface area (Å²) < 4.78 is 0. The first kappa shape index (κ1) is 10.1. The van der Waals surface area contributed by atoms with Gasteiger partial charge in [0.25, 0.3) is 0 Å². The second-order valence-corrected chi connectivity index (χ2v) is 4.36. The quantitative estimate of drug-likeness (QED) is 0.848. The van der Waals surface area contributed by atoms with Crippen molar-refractivity contribution in [3.63, 3.8) is 0 Å². The van der Waals surface area contributed by atoms with Gasteiger partial charge in [-0.05, 0) is 30.4 Å². The fraction of sp³-hybridized carbons (Fsp3) is 0.231. The fourth-order valence-corrected chi connectivity index (χ4v) is 2.03. The number of rotatable bonds is 3. The maximum Gasteiger partial charge on any atom is 0.339 e. The van der Waals surface area contributed by atoms with Gasteiger partial charge in [-0.3, -0.25) is 5.10 Å². The lowest BCUT2D eigenvalue weighted by Gasteiger charge is -2.03. The van der Waals surface area contributed by atoms with Crippen molar-refractivity contribution in [3.8, 4) is 11.3 Å². The van der Waals surface area contributed by atoms with E-state index in [1.54, 1.807) is 0 Å². The van der Waals surface area contributed by atoms with Gasteiger partial charge in [0.05, 0.1) is 11.9 Å². The van der Waals surface area contributed by atoms with Crippen LogP contribution in [0.4, 0.5) is 0 Å². The normalized spacial score (nSPS) is 14.8. The summed E-state index contributed by atoms with van der Waals surface area (Å²) in [5, 5.41) is 15.6. The van der Waals surface area contributed by atoms with Crippen LogP contribution in [0.3, 0.4) is 0 Å². The average molecular weight is 228 g/mol. The van der Waals surface area contributed by atoms with Gasteiger partial charge in [0.1, 0.15) is 5.56 Å². The molecule has 2 aromatic rings. The number of nitrogens with one attached hydrogen (secondary N) is 1. The Bertz CT molecular complexity index is 570. The maximum absolute atomic E-state index is 11.0. The molecule has 1 aromatic carbocycles. The van der Waals surface area contributed by atoms with Crippen LogP contribution in [0.15, 0.2) is 30.5 Å². The molecule has 1 fully saturated rings. The largest absolute Gasteiger partial charge is 0.478 e. The van der Waals surface area contributed by atoms with Crippen LogP contribution < -0.4 is 0 Å². The van der Waals surface area contributed by atoms with Gasteiger partial charge in [0, 0.05) is 5.56 Å². The Balaban J connectivity index is 2.05. The Labute approximate surface area is 98.3 Å². The minimum atomic E-state index is -0.953. The molecule has 0 spiro atoms. The zero-order valence-electron chi connectivity index (χ0n) is 9.18. The summed E-state index contributed by atoms with van der Waals surface area (Å²) in [5.74, 6) is -0.295. The van der Waals surface area contributed by atoms with Crippen LogP contribution in [-0.4, -0.2) is 21.3 Å². The molecule has 0 unspecified atom stereocenters. The SMILES string of the molecule is O=C(O)c1cn[nH]c1-c1cccc(C2CC2)c1. The first-order chi connectivity index (χ1) is 8.25. The van der Waals surface area contributed by atoms with E-state index in [1.165, 1.54) is 24.6 Å². The van der Waals surface area contributed by atoms with E-state index in [-0.39, 0.29) is 5.56 Å². The Hall–Kier alpha value is -2.10. The van der Waals surface area contributed by atoms with Gasteiger partial charge in [0.15, 0.2) is 0 Å². The first-order valence-electron chi connectivity index (χ1n) is 5.62. The van der Waals surface area contributed by atoms with E-state index in [0.29, 0.717) is 11.6 Å². The molecule has 0 saturated heterocycles. The number of hydrogen-bond donors (Lipinski definition) is 2. The molecule has 2 N–H and O–H groups in total. The molecule has 0 bridgehead atoms. The van der Waals surface area contributed by atoms with E-state index in [0.717, 1.165) is 5.56 Å². The van der Waals surface area contributed by atoms with Gasteiger partial charge in [0.2, 0.25) is 0 Å². The van der Waals surface area contributed by atoms with Crippen LogP contribution in [0, 0.1) is 0 Å². The summed E-state index contributed by atoms with van der Waals surface area (Å²) in [4.78, 5) is 11.0. The number of aromatic carboxylic acids is 1. The molecule has 17 heavy (non-hydrogen) atoms. The molecule has 0 radical (unpaired) electrons. The molecule has 1 aliphatic carbocycles. The third kappa shape index (κ3) is 1.82. The van der Waals surface area contributed by atoms with E-state index in [1.807, 2.05) is 12.1 Å². The summed E-state index contributed by atoms with van der Waals surface area (Å²) in [7, 11) is 0. The number of carboxylic acid groups (broad SMARTS) is 1. The number of benzene rings is 1. The standard InChI is InChI=1S/C13H12N2O2/c16-13(17)11-7-14-15-12(11)10-3-1-2-9(6-10)8-4-5-8/h1-3,6-8H,4-5H2,(H,14,15)(H,16,17). The van der Waals surface area contributed by atoms with E-state index in [2.05, 4.69) is 22.3 Å². The Morgan fingerprint density at radius 2 is 2.24 bits per heavy atom. The van der Waals surface area contributed by atoms with Gasteiger partial charge in [-0.1, -0.05) is 18.2 Å². The summed E-state index contributed by atoms with van der Waals surface area (Å²) in [6.45, 7) is 0. The Kier molecular flexibility index (Phi) is 2.21. The number of carboxylic acids is 1. The zero-order valence-corrected chi connectivity index (χ0v) is 9.18. The summed E-state index contributed by atoms with van der Waals surface area (Å²) in [5.41, 5.74) is 2.98. The second kappa shape index (κ2) is 3.73. The van der Waals surface area contributed by atoms with Gasteiger partial charge in [-0.15, -0.1) is 0 Å². The highest BCUT2D eigenvalue weighted by Crippen LogP contribution is 2.41. The molecule has 1 heterocycles. The molecule has 0 atom stereocenters. The summed E-state index contributed by atoms with van der Waals surface area (Å²) >= 11 is 0. The highest BCUT2D eigenvalue weighted by atomic mass is 16.4. The highest BCUT2D eigenvalue weighted by molar-refractivity contribution is 5.94. The van der Waals surface area contributed by atoms with E-state index < -0.39 is 5.97 Å². The van der Waals surface area contributed by atoms with E-state index >= 15 is 0 Å². The minimum absolute atomic E-state index is 0.220. The third-order valence-electron chi connectivity index (χ3n) is 3.09. The fourth-order valence-electron chi connectivity index (χ4n) is 2.03. The van der Waals surface area contributed by atoms with E-state index in [9.17, 15) is 4.79 Å². The summed E-state index contributed by atoms with van der Waals surface area (Å²) in [6.07, 6.45) is 3.82. The lowest BCUT2D eigenvalue weighted by atomic mass is 10.0. The van der Waals surface area contributed by atoms with Crippen LogP contribution >= 0.6 is 0 Å². The molecule has 1 aliphatic rings. The molecular weight excluding hydrogens is 216 g/mol. The van der Waals surface area contributed by atoms with Crippen molar-refractivity contribution in [2.45, 2.75) is 18.8 Å². The smallest absolute Gasteiger partial charge is 0.339 e. The predicted octanol–water partition coefficient (Wildman–Crippen LogP) is 2.65. The molecule has 4 heteroatoms. The van der Waals surface area contributed by atoms with Crippen molar-refractivity contribution in [2.75, 3.05) is 0 Å². The molecular formula is C13H12N2O2. The van der Waals surface area contributed by atoms with Crippen molar-refractivity contribution < 1.29 is 9.90 Å². The molecule has 1 saturated carbocycles. The van der Waals surface area contributed by atoms with Crippen molar-refractivity contribution in [2.24, 2.45) is 0 Å². The minimum Gasteiger partial charge on any atom is -0.478 e. The molecule has 4 nitrogen and oxygen atoms in total. The van der Waals surface area contributed by atoms with Crippen molar-refractivity contribution in [1.82, 2.24) is 10.2 Å². The number of nitrogens with zero attached hydrogens (tertiary/aromatic N) is 1. The van der Waals surface area contributed by atoms with Crippen LogP contribution in [0.5, 0.6) is 0 Å². The van der Waals surface area contributed by atoms with Crippen molar-refractivity contribution in [1.29, 1.82) is 0 Å². The van der Waals surface area contributed by atoms with Crippen LogP contribution in [0.1, 0.15) is 34.7 Å². The van der Waals surface area contributed by atoms with Gasteiger partial charge in [-0.2, -0.15) is 5.10 Å². The Morgan fingerprint density at radius 1 is 1.41 bits per heavy atom. The molecule has 0 aliphatic heterocycles. The lowest BCUT2D eigenvalue weighted by Crippen LogP contribution is -1.97. The monoisotopic (exact) mass is 228 g/mol. The zero-order chi connectivity index (χ0) is 11.8. The Morgan fingerprint density at radius 3 is 2.94 bits per heavy atom. The number of aromatic nitrogens is 2. The molecule has 86 valence electrons. The number of carbonyl (C=O) groups is 1. The van der Waals surface area contributed by atoms with Gasteiger partial charge < -0.3 is 5.11 Å². The number of hydrogen-bond acceptors (Lipinski definition) is 2. The predicted molar refractivity (Wildman–Crippen MR) is 63.0 cm³/mol. The number of H-pyrrole nitrogens is 1. The third-order valence-corrected chi connectivity index (χ3v) is 3.09. The average Bonchev–Trinajstić information content (AvgIpc) is 3.06. The van der Waals surface area contributed by atoms with Gasteiger partial charge >= 0.3 is 5.97 Å². The molecule has 1 aromatic heterocycles. The van der Waals surface area contributed by atoms with E-state index in [4.69, 9.17) is 5.11 Å². The molecule has 3 rings (SSSR count). The number of aromatic amines is 1. The topological polar surface area (TPSA) is 66.0 Å². The van der Waals surface area contributed by atoms with Crippen molar-refractivity contribution in [3.05, 3.63) is 41.6 Å². The van der Waals surface area contributed by atoms with Crippen molar-refractivity contribution >= 4 is 5.97 Å². The van der Waals surface area contributed by atoms with Crippen LogP contribution in [0.25, 0.3) is 11.3 Å². The van der Waals surface area contributed by atoms with Crippen LogP contribution in [0.2, 0.25) is 0 Å². The second-order valence-electron chi connectivity index (χ2n) is 4.36. The first-order valence-corrected chi connectivity index (χ1v) is 5.62. The highest BCUT2D eigenvalue weighted by Gasteiger charge is 2.24. The van der Waals surface area contributed by atoms with Crippen LogP contribution in [-0.2, 0) is 0 Å². The molecule has 0 amide bonds.